The number of aromatic nitrogens is 2. The van der Waals surface area contributed by atoms with Gasteiger partial charge in [0.15, 0.2) is 5.69 Å². The summed E-state index contributed by atoms with van der Waals surface area (Å²) < 4.78 is 15.2. The van der Waals surface area contributed by atoms with Gasteiger partial charge in [-0.2, -0.15) is 5.10 Å². The fourth-order valence-electron chi connectivity index (χ4n) is 1.95. The molecule has 1 atom stereocenters. The number of carbonyl (C=O) groups excluding carboxylic acids is 1. The van der Waals surface area contributed by atoms with Gasteiger partial charge < -0.3 is 11.1 Å². The second-order valence-corrected chi connectivity index (χ2v) is 4.67. The van der Waals surface area contributed by atoms with Crippen LogP contribution < -0.4 is 11.1 Å². The number of carbonyl (C=O) groups is 1. The van der Waals surface area contributed by atoms with Gasteiger partial charge in [-0.3, -0.25) is 4.79 Å². The van der Waals surface area contributed by atoms with Crippen molar-refractivity contribution >= 4 is 5.91 Å². The fraction of sp³-hybridized carbons (Fsp3) is 0.286. The number of halogens is 1. The molecule has 0 unspecified atom stereocenters. The van der Waals surface area contributed by atoms with Crippen LogP contribution in [-0.4, -0.2) is 22.7 Å². The average molecular weight is 276 g/mol. The first-order valence-electron chi connectivity index (χ1n) is 6.27. The van der Waals surface area contributed by atoms with Gasteiger partial charge in [-0.05, 0) is 43.2 Å². The Morgan fingerprint density at radius 1 is 1.50 bits per heavy atom. The number of rotatable bonds is 3. The third kappa shape index (κ3) is 2.55. The summed E-state index contributed by atoms with van der Waals surface area (Å²) in [6.07, 6.45) is 1.66. The van der Waals surface area contributed by atoms with E-state index in [9.17, 15) is 9.18 Å². The van der Waals surface area contributed by atoms with Crippen molar-refractivity contribution in [1.82, 2.24) is 15.1 Å². The Bertz CT molecular complexity index is 649. The van der Waals surface area contributed by atoms with Crippen LogP contribution in [0.15, 0.2) is 24.4 Å². The molecule has 0 bridgehead atoms. The smallest absolute Gasteiger partial charge is 0.271 e. The molecule has 1 heterocycles. The number of amides is 1. The van der Waals surface area contributed by atoms with Gasteiger partial charge in [0.05, 0.1) is 5.69 Å². The molecule has 1 aromatic carbocycles. The molecule has 1 aromatic heterocycles. The zero-order valence-corrected chi connectivity index (χ0v) is 11.6. The minimum atomic E-state index is -0.340. The van der Waals surface area contributed by atoms with Crippen molar-refractivity contribution in [2.45, 2.75) is 19.9 Å². The van der Waals surface area contributed by atoms with Gasteiger partial charge in [-0.25, -0.2) is 9.07 Å². The van der Waals surface area contributed by atoms with Crippen molar-refractivity contribution in [1.29, 1.82) is 0 Å². The SMILES string of the molecule is CNC(=O)c1ccn(-c2cc(C)c(F)cc2[C@H](C)N)n1. The molecule has 6 heteroatoms. The standard InChI is InChI=1S/C14H17FN4O/c1-8-6-13(10(9(2)16)7-11(8)15)19-5-4-12(18-19)14(20)17-3/h4-7,9H,16H2,1-3H3,(H,17,20)/t9-/m0/s1. The maximum absolute atomic E-state index is 13.7. The Kier molecular flexibility index (Phi) is 3.85. The molecule has 1 amide bonds. The Labute approximate surface area is 116 Å². The number of aryl methyl sites for hydroxylation is 1. The van der Waals surface area contributed by atoms with Crippen LogP contribution in [0.1, 0.15) is 34.6 Å². The molecule has 0 aliphatic heterocycles. The third-order valence-corrected chi connectivity index (χ3v) is 3.09. The minimum Gasteiger partial charge on any atom is -0.354 e. The zero-order chi connectivity index (χ0) is 14.9. The molecule has 106 valence electrons. The summed E-state index contributed by atoms with van der Waals surface area (Å²) in [5.74, 6) is -0.579. The molecular formula is C14H17FN4O. The van der Waals surface area contributed by atoms with Gasteiger partial charge in [-0.1, -0.05) is 0 Å². The summed E-state index contributed by atoms with van der Waals surface area (Å²) >= 11 is 0. The van der Waals surface area contributed by atoms with Crippen LogP contribution in [0, 0.1) is 12.7 Å². The third-order valence-electron chi connectivity index (χ3n) is 3.09. The van der Waals surface area contributed by atoms with Gasteiger partial charge in [0.25, 0.3) is 5.91 Å². The van der Waals surface area contributed by atoms with Gasteiger partial charge in [-0.15, -0.1) is 0 Å². The van der Waals surface area contributed by atoms with Gasteiger partial charge in [0.2, 0.25) is 0 Å². The van der Waals surface area contributed by atoms with E-state index in [-0.39, 0.29) is 17.8 Å². The van der Waals surface area contributed by atoms with E-state index < -0.39 is 0 Å². The lowest BCUT2D eigenvalue weighted by atomic mass is 10.0. The summed E-state index contributed by atoms with van der Waals surface area (Å²) in [6, 6.07) is 4.35. The minimum absolute atomic E-state index is 0.273. The van der Waals surface area contributed by atoms with Crippen LogP contribution in [0.4, 0.5) is 4.39 Å². The zero-order valence-electron chi connectivity index (χ0n) is 11.6. The van der Waals surface area contributed by atoms with E-state index in [2.05, 4.69) is 10.4 Å². The second-order valence-electron chi connectivity index (χ2n) is 4.67. The largest absolute Gasteiger partial charge is 0.354 e. The maximum Gasteiger partial charge on any atom is 0.271 e. The number of nitrogens with zero attached hydrogens (tertiary/aromatic N) is 2. The van der Waals surface area contributed by atoms with Gasteiger partial charge in [0, 0.05) is 19.3 Å². The highest BCUT2D eigenvalue weighted by Crippen LogP contribution is 2.23. The summed E-state index contributed by atoms with van der Waals surface area (Å²) in [7, 11) is 1.54. The second kappa shape index (κ2) is 5.42. The number of hydrogen-bond acceptors (Lipinski definition) is 3. The number of benzene rings is 1. The van der Waals surface area contributed by atoms with Crippen molar-refractivity contribution < 1.29 is 9.18 Å². The van der Waals surface area contributed by atoms with Crippen molar-refractivity contribution in [3.05, 3.63) is 47.0 Å². The lowest BCUT2D eigenvalue weighted by Crippen LogP contribution is -2.19. The molecule has 2 aromatic rings. The lowest BCUT2D eigenvalue weighted by molar-refractivity contribution is 0.0957. The quantitative estimate of drug-likeness (QED) is 0.896. The molecule has 3 N–H and O–H groups in total. The summed E-state index contributed by atoms with van der Waals surface area (Å²) in [4.78, 5) is 11.5. The predicted molar refractivity (Wildman–Crippen MR) is 74.3 cm³/mol. The van der Waals surface area contributed by atoms with Crippen LogP contribution in [0.3, 0.4) is 0 Å². The number of hydrogen-bond donors (Lipinski definition) is 2. The van der Waals surface area contributed by atoms with Crippen molar-refractivity contribution in [2.24, 2.45) is 5.73 Å². The van der Waals surface area contributed by atoms with Gasteiger partial charge >= 0.3 is 0 Å². The Morgan fingerprint density at radius 2 is 2.20 bits per heavy atom. The molecule has 0 saturated heterocycles. The molecule has 2 rings (SSSR count). The molecule has 0 fully saturated rings. The van der Waals surface area contributed by atoms with Gasteiger partial charge in [0.1, 0.15) is 5.82 Å². The van der Waals surface area contributed by atoms with Crippen LogP contribution in [-0.2, 0) is 0 Å². The first-order valence-corrected chi connectivity index (χ1v) is 6.27. The fourth-order valence-corrected chi connectivity index (χ4v) is 1.95. The monoisotopic (exact) mass is 276 g/mol. The van der Waals surface area contributed by atoms with Crippen LogP contribution in [0.25, 0.3) is 5.69 Å². The van der Waals surface area contributed by atoms with E-state index in [1.165, 1.54) is 17.8 Å². The summed E-state index contributed by atoms with van der Waals surface area (Å²) in [5.41, 5.74) is 7.99. The highest BCUT2D eigenvalue weighted by Gasteiger charge is 2.15. The van der Waals surface area contributed by atoms with Crippen LogP contribution >= 0.6 is 0 Å². The topological polar surface area (TPSA) is 72.9 Å². The van der Waals surface area contributed by atoms with E-state index in [0.29, 0.717) is 22.5 Å². The average Bonchev–Trinajstić information content (AvgIpc) is 2.89. The maximum atomic E-state index is 13.7. The number of nitrogens with one attached hydrogen (secondary N) is 1. The summed E-state index contributed by atoms with van der Waals surface area (Å²) in [6.45, 7) is 3.45. The normalized spacial score (nSPS) is 12.2. The molecule has 0 aliphatic rings. The highest BCUT2D eigenvalue weighted by atomic mass is 19.1. The molecule has 20 heavy (non-hydrogen) atoms. The van der Waals surface area contributed by atoms with Crippen molar-refractivity contribution in [3.8, 4) is 5.69 Å². The van der Waals surface area contributed by atoms with Crippen LogP contribution in [0.5, 0.6) is 0 Å². The lowest BCUT2D eigenvalue weighted by Gasteiger charge is -2.14. The molecule has 0 radical (unpaired) electrons. The Hall–Kier alpha value is -2.21. The first kappa shape index (κ1) is 14.2. The number of nitrogens with two attached hydrogens (primary N) is 1. The molecule has 0 saturated carbocycles. The van der Waals surface area contributed by atoms with E-state index in [1.54, 1.807) is 32.2 Å². The first-order chi connectivity index (χ1) is 9.43. The highest BCUT2D eigenvalue weighted by molar-refractivity contribution is 5.91. The molecular weight excluding hydrogens is 259 g/mol. The summed E-state index contributed by atoms with van der Waals surface area (Å²) in [5, 5.41) is 6.70. The Balaban J connectivity index is 2.54. The molecule has 5 nitrogen and oxygen atoms in total. The molecule has 0 aliphatic carbocycles. The van der Waals surface area contributed by atoms with Crippen LogP contribution in [0.2, 0.25) is 0 Å². The van der Waals surface area contributed by atoms with E-state index in [1.807, 2.05) is 0 Å². The van der Waals surface area contributed by atoms with Crippen molar-refractivity contribution in [3.63, 3.8) is 0 Å². The van der Waals surface area contributed by atoms with Crippen molar-refractivity contribution in [2.75, 3.05) is 7.05 Å². The van der Waals surface area contributed by atoms with E-state index in [0.717, 1.165) is 0 Å². The van der Waals surface area contributed by atoms with E-state index >= 15 is 0 Å². The molecule has 0 spiro atoms. The predicted octanol–water partition coefficient (Wildman–Crippen LogP) is 1.70. The van der Waals surface area contributed by atoms with E-state index in [4.69, 9.17) is 5.73 Å². The Morgan fingerprint density at radius 3 is 2.80 bits per heavy atom.